The highest BCUT2D eigenvalue weighted by Gasteiger charge is 2.09. The van der Waals surface area contributed by atoms with E-state index in [1.807, 2.05) is 0 Å². The summed E-state index contributed by atoms with van der Waals surface area (Å²) in [5.74, 6) is -0.393. The third-order valence-corrected chi connectivity index (χ3v) is 3.51. The van der Waals surface area contributed by atoms with E-state index in [0.29, 0.717) is 21.9 Å². The Hall–Kier alpha value is -3.38. The molecule has 3 rings (SSSR count). The Labute approximate surface area is 154 Å². The van der Waals surface area contributed by atoms with E-state index in [1.165, 1.54) is 24.6 Å². The van der Waals surface area contributed by atoms with Gasteiger partial charge in [0.1, 0.15) is 5.75 Å². The molecule has 0 saturated carbocycles. The highest BCUT2D eigenvalue weighted by atomic mass is 35.5. The average molecular weight is 369 g/mol. The minimum absolute atomic E-state index is 0.172. The number of nitrogens with one attached hydrogen (secondary N) is 1. The summed E-state index contributed by atoms with van der Waals surface area (Å²) in [7, 11) is 0. The first-order valence-electron chi connectivity index (χ1n) is 7.56. The van der Waals surface area contributed by atoms with Crippen LogP contribution < -0.4 is 10.2 Å². The standard InChI is InChI=1S/C19H13ClN2O4/c20-15-4-1-3-14(11-15)19(24)26-16-8-6-13(7-9-16)12-21-22-18(23)17-5-2-10-25-17/h1-12H,(H,22,23)/b21-12-. The van der Waals surface area contributed by atoms with E-state index in [9.17, 15) is 9.59 Å². The van der Waals surface area contributed by atoms with Crippen LogP contribution in [0.25, 0.3) is 0 Å². The number of carbonyl (C=O) groups excluding carboxylic acids is 2. The molecule has 0 aliphatic heterocycles. The number of amides is 1. The lowest BCUT2D eigenvalue weighted by Gasteiger charge is -2.05. The second-order valence-electron chi connectivity index (χ2n) is 5.15. The molecule has 0 radical (unpaired) electrons. The molecule has 7 heteroatoms. The Bertz CT molecular complexity index is 934. The van der Waals surface area contributed by atoms with E-state index >= 15 is 0 Å². The van der Waals surface area contributed by atoms with Crippen molar-refractivity contribution in [3.05, 3.63) is 88.8 Å². The van der Waals surface area contributed by atoms with Crippen molar-refractivity contribution in [2.24, 2.45) is 5.10 Å². The lowest BCUT2D eigenvalue weighted by molar-refractivity contribution is 0.0734. The summed E-state index contributed by atoms with van der Waals surface area (Å²) < 4.78 is 10.2. The molecule has 0 aliphatic carbocycles. The highest BCUT2D eigenvalue weighted by Crippen LogP contribution is 2.16. The van der Waals surface area contributed by atoms with Crippen molar-refractivity contribution in [3.63, 3.8) is 0 Å². The maximum absolute atomic E-state index is 12.0. The summed E-state index contributed by atoms with van der Waals surface area (Å²) in [6.07, 6.45) is 2.87. The summed E-state index contributed by atoms with van der Waals surface area (Å²) in [5.41, 5.74) is 3.43. The zero-order chi connectivity index (χ0) is 18.4. The van der Waals surface area contributed by atoms with Crippen LogP contribution in [0.4, 0.5) is 0 Å². The molecule has 1 amide bonds. The fourth-order valence-corrected chi connectivity index (χ4v) is 2.22. The van der Waals surface area contributed by atoms with Crippen molar-refractivity contribution in [1.82, 2.24) is 5.43 Å². The van der Waals surface area contributed by atoms with E-state index in [0.717, 1.165) is 0 Å². The highest BCUT2D eigenvalue weighted by molar-refractivity contribution is 6.30. The normalized spacial score (nSPS) is 10.7. The zero-order valence-electron chi connectivity index (χ0n) is 13.4. The maximum atomic E-state index is 12.0. The van der Waals surface area contributed by atoms with Gasteiger partial charge < -0.3 is 9.15 Å². The molecule has 1 aromatic heterocycles. The molecule has 6 nitrogen and oxygen atoms in total. The average Bonchev–Trinajstić information content (AvgIpc) is 3.18. The summed E-state index contributed by atoms with van der Waals surface area (Å²) in [5, 5.41) is 4.30. The summed E-state index contributed by atoms with van der Waals surface area (Å²) in [6.45, 7) is 0. The third-order valence-electron chi connectivity index (χ3n) is 3.28. The quantitative estimate of drug-likeness (QED) is 0.320. The van der Waals surface area contributed by atoms with Gasteiger partial charge in [-0.25, -0.2) is 10.2 Å². The van der Waals surface area contributed by atoms with E-state index in [2.05, 4.69) is 10.5 Å². The van der Waals surface area contributed by atoms with Gasteiger partial charge in [-0.05, 0) is 60.2 Å². The Kier molecular flexibility index (Phi) is 5.46. The number of furan rings is 1. The van der Waals surface area contributed by atoms with Crippen molar-refractivity contribution in [2.45, 2.75) is 0 Å². The number of hydrogen-bond donors (Lipinski definition) is 1. The van der Waals surface area contributed by atoms with Gasteiger partial charge in [-0.2, -0.15) is 5.10 Å². The van der Waals surface area contributed by atoms with Gasteiger partial charge in [0, 0.05) is 5.02 Å². The van der Waals surface area contributed by atoms with Crippen LogP contribution in [0.5, 0.6) is 5.75 Å². The van der Waals surface area contributed by atoms with Gasteiger partial charge in [0.15, 0.2) is 5.76 Å². The van der Waals surface area contributed by atoms with Gasteiger partial charge in [0.25, 0.3) is 0 Å². The van der Waals surface area contributed by atoms with Crippen molar-refractivity contribution in [2.75, 3.05) is 0 Å². The van der Waals surface area contributed by atoms with Crippen LogP contribution >= 0.6 is 11.6 Å². The number of ether oxygens (including phenoxy) is 1. The zero-order valence-corrected chi connectivity index (χ0v) is 14.1. The van der Waals surface area contributed by atoms with Gasteiger partial charge in [-0.1, -0.05) is 17.7 Å². The van der Waals surface area contributed by atoms with E-state index in [-0.39, 0.29) is 5.76 Å². The molecule has 1 heterocycles. The molecule has 130 valence electrons. The van der Waals surface area contributed by atoms with Gasteiger partial charge in [0.2, 0.25) is 0 Å². The number of esters is 1. The fourth-order valence-electron chi connectivity index (χ4n) is 2.03. The summed E-state index contributed by atoms with van der Waals surface area (Å²) in [4.78, 5) is 23.7. The molecule has 3 aromatic rings. The molecule has 0 spiro atoms. The fraction of sp³-hybridized carbons (Fsp3) is 0. The van der Waals surface area contributed by atoms with Crippen LogP contribution in [0.1, 0.15) is 26.5 Å². The lowest BCUT2D eigenvalue weighted by atomic mass is 10.2. The lowest BCUT2D eigenvalue weighted by Crippen LogP contribution is -2.16. The van der Waals surface area contributed by atoms with Crippen molar-refractivity contribution < 1.29 is 18.7 Å². The number of rotatable bonds is 5. The van der Waals surface area contributed by atoms with Crippen LogP contribution in [-0.4, -0.2) is 18.1 Å². The molecule has 0 fully saturated rings. The van der Waals surface area contributed by atoms with Crippen LogP contribution in [0.3, 0.4) is 0 Å². The molecular formula is C19H13ClN2O4. The minimum atomic E-state index is -0.500. The largest absolute Gasteiger partial charge is 0.459 e. The first-order chi connectivity index (χ1) is 12.6. The van der Waals surface area contributed by atoms with Crippen LogP contribution in [0.2, 0.25) is 5.02 Å². The second kappa shape index (κ2) is 8.13. The van der Waals surface area contributed by atoms with Crippen LogP contribution in [0.15, 0.2) is 76.4 Å². The molecule has 0 bridgehead atoms. The van der Waals surface area contributed by atoms with Crippen molar-refractivity contribution in [3.8, 4) is 5.75 Å². The van der Waals surface area contributed by atoms with Crippen LogP contribution in [-0.2, 0) is 0 Å². The van der Waals surface area contributed by atoms with Crippen molar-refractivity contribution in [1.29, 1.82) is 0 Å². The molecule has 0 aliphatic rings. The Morgan fingerprint density at radius 3 is 2.58 bits per heavy atom. The molecule has 2 aromatic carbocycles. The SMILES string of the molecule is O=C(Oc1ccc(/C=N\NC(=O)c2ccco2)cc1)c1cccc(Cl)c1. The number of hydrazone groups is 1. The van der Waals surface area contributed by atoms with E-state index < -0.39 is 11.9 Å². The summed E-state index contributed by atoms with van der Waals surface area (Å²) >= 11 is 5.86. The summed E-state index contributed by atoms with van der Waals surface area (Å²) in [6, 6.07) is 16.3. The molecular weight excluding hydrogens is 356 g/mol. The molecule has 26 heavy (non-hydrogen) atoms. The minimum Gasteiger partial charge on any atom is -0.459 e. The van der Waals surface area contributed by atoms with E-state index in [4.69, 9.17) is 20.8 Å². The van der Waals surface area contributed by atoms with Gasteiger partial charge in [-0.3, -0.25) is 4.79 Å². The Morgan fingerprint density at radius 2 is 1.88 bits per heavy atom. The topological polar surface area (TPSA) is 80.9 Å². The number of benzene rings is 2. The second-order valence-corrected chi connectivity index (χ2v) is 5.58. The first kappa shape index (κ1) is 17.4. The first-order valence-corrected chi connectivity index (χ1v) is 7.94. The van der Waals surface area contributed by atoms with Crippen LogP contribution in [0, 0.1) is 0 Å². The predicted molar refractivity (Wildman–Crippen MR) is 96.6 cm³/mol. The number of carbonyl (C=O) groups is 2. The maximum Gasteiger partial charge on any atom is 0.343 e. The molecule has 0 saturated heterocycles. The molecule has 0 atom stereocenters. The van der Waals surface area contributed by atoms with Gasteiger partial charge in [0.05, 0.1) is 18.0 Å². The Balaban J connectivity index is 1.57. The Morgan fingerprint density at radius 1 is 1.08 bits per heavy atom. The molecule has 0 unspecified atom stereocenters. The number of halogens is 1. The number of nitrogens with zero attached hydrogens (tertiary/aromatic N) is 1. The van der Waals surface area contributed by atoms with E-state index in [1.54, 1.807) is 48.5 Å². The predicted octanol–water partition coefficient (Wildman–Crippen LogP) is 3.92. The number of hydrogen-bond acceptors (Lipinski definition) is 5. The van der Waals surface area contributed by atoms with Gasteiger partial charge >= 0.3 is 11.9 Å². The molecule has 1 N–H and O–H groups in total. The monoisotopic (exact) mass is 368 g/mol. The smallest absolute Gasteiger partial charge is 0.343 e. The van der Waals surface area contributed by atoms with Crippen molar-refractivity contribution >= 4 is 29.7 Å². The van der Waals surface area contributed by atoms with Gasteiger partial charge in [-0.15, -0.1) is 0 Å². The third kappa shape index (κ3) is 4.58.